The van der Waals surface area contributed by atoms with Crippen molar-refractivity contribution in [2.45, 2.75) is 38.5 Å². The summed E-state index contributed by atoms with van der Waals surface area (Å²) in [5.41, 5.74) is 13.0. The maximum atomic E-state index is 2.63. The molecule has 2 aliphatic heterocycles. The molecule has 2 fully saturated rings. The zero-order valence-corrected chi connectivity index (χ0v) is 33.1. The number of piperidine rings is 2. The van der Waals surface area contributed by atoms with E-state index >= 15 is 0 Å². The molecule has 0 bridgehead atoms. The van der Waals surface area contributed by atoms with E-state index in [4.69, 9.17) is 0 Å². The topological polar surface area (TPSA) is 6.48 Å². The van der Waals surface area contributed by atoms with Crippen molar-refractivity contribution in [1.29, 1.82) is 0 Å². The molecule has 9 aromatic carbocycles. The molecule has 58 heavy (non-hydrogen) atoms. The maximum absolute atomic E-state index is 2.63. The summed E-state index contributed by atoms with van der Waals surface area (Å²) in [5.74, 6) is 0. The van der Waals surface area contributed by atoms with Crippen LogP contribution in [0.1, 0.15) is 38.5 Å². The second-order valence-corrected chi connectivity index (χ2v) is 16.5. The third kappa shape index (κ3) is 6.02. The lowest BCUT2D eigenvalue weighted by molar-refractivity contribution is 0.578. The van der Waals surface area contributed by atoms with Crippen molar-refractivity contribution in [2.24, 2.45) is 0 Å². The highest BCUT2D eigenvalue weighted by atomic mass is 15.1. The van der Waals surface area contributed by atoms with Gasteiger partial charge in [-0.3, -0.25) is 0 Å². The van der Waals surface area contributed by atoms with Gasteiger partial charge >= 0.3 is 0 Å². The second-order valence-electron chi connectivity index (χ2n) is 16.5. The van der Waals surface area contributed by atoms with Crippen LogP contribution < -0.4 is 9.80 Å². The Balaban J connectivity index is 1.35. The van der Waals surface area contributed by atoms with E-state index in [1.807, 2.05) is 0 Å². The van der Waals surface area contributed by atoms with Gasteiger partial charge in [-0.2, -0.15) is 0 Å². The Labute approximate surface area is 342 Å². The molecule has 2 aliphatic rings. The molecule has 11 rings (SSSR count). The lowest BCUT2D eigenvalue weighted by Crippen LogP contribution is -2.29. The first-order valence-corrected chi connectivity index (χ1v) is 21.5. The lowest BCUT2D eigenvalue weighted by atomic mass is 9.79. The minimum absolute atomic E-state index is 1.10. The first-order valence-electron chi connectivity index (χ1n) is 21.5. The molecule has 0 unspecified atom stereocenters. The second kappa shape index (κ2) is 14.8. The molecule has 2 heteroatoms. The van der Waals surface area contributed by atoms with Crippen molar-refractivity contribution >= 4 is 54.5 Å². The fourth-order valence-electron chi connectivity index (χ4n) is 10.2. The summed E-state index contributed by atoms with van der Waals surface area (Å²) < 4.78 is 0. The normalized spacial score (nSPS) is 14.8. The molecule has 282 valence electrons. The van der Waals surface area contributed by atoms with Gasteiger partial charge in [0.25, 0.3) is 0 Å². The molecular formula is C56H48N2. The van der Waals surface area contributed by atoms with Crippen LogP contribution in [0.5, 0.6) is 0 Å². The quantitative estimate of drug-likeness (QED) is 0.156. The first kappa shape index (κ1) is 34.8. The summed E-state index contributed by atoms with van der Waals surface area (Å²) in [6.07, 6.45) is 7.58. The number of anilines is 2. The Hall–Kier alpha value is -6.38. The summed E-state index contributed by atoms with van der Waals surface area (Å²) in [7, 11) is 0. The Morgan fingerprint density at radius 2 is 0.672 bits per heavy atom. The highest BCUT2D eigenvalue weighted by Crippen LogP contribution is 2.52. The van der Waals surface area contributed by atoms with Gasteiger partial charge in [-0.15, -0.1) is 0 Å². The van der Waals surface area contributed by atoms with E-state index < -0.39 is 0 Å². The van der Waals surface area contributed by atoms with Gasteiger partial charge in [0, 0.05) is 37.6 Å². The molecule has 2 nitrogen and oxygen atoms in total. The largest absolute Gasteiger partial charge is 0.372 e. The van der Waals surface area contributed by atoms with Crippen LogP contribution in [0.25, 0.3) is 87.6 Å². The molecule has 0 spiro atoms. The highest BCUT2D eigenvalue weighted by Gasteiger charge is 2.26. The van der Waals surface area contributed by atoms with Crippen molar-refractivity contribution in [3.63, 3.8) is 0 Å². The maximum Gasteiger partial charge on any atom is 0.0372 e. The number of fused-ring (bicyclic) bond motifs is 4. The van der Waals surface area contributed by atoms with Crippen LogP contribution in [-0.2, 0) is 0 Å². The van der Waals surface area contributed by atoms with Crippen molar-refractivity contribution in [3.8, 4) is 44.5 Å². The van der Waals surface area contributed by atoms with E-state index in [1.165, 1.54) is 137 Å². The van der Waals surface area contributed by atoms with Crippen LogP contribution >= 0.6 is 0 Å². The average Bonchev–Trinajstić information content (AvgIpc) is 3.31. The van der Waals surface area contributed by atoms with Gasteiger partial charge in [-0.1, -0.05) is 146 Å². The summed E-state index contributed by atoms with van der Waals surface area (Å²) in [6.45, 7) is 4.41. The fourth-order valence-corrected chi connectivity index (χ4v) is 10.2. The minimum atomic E-state index is 1.10. The van der Waals surface area contributed by atoms with E-state index in [0.717, 1.165) is 26.2 Å². The first-order chi connectivity index (χ1) is 28.8. The van der Waals surface area contributed by atoms with Gasteiger partial charge < -0.3 is 9.80 Å². The molecule has 0 aliphatic carbocycles. The Morgan fingerprint density at radius 3 is 1.10 bits per heavy atom. The standard InChI is InChI=1S/C56H48N2/c1-5-17-39(18-6-1)47-29-25-41-21-9-11-23-45(41)53(47)55-49-31-27-44(58-35-15-4-16-36-58)38-52(49)56(50-32-28-43(37-51(50)55)57-33-13-3-14-34-57)54-46-24-12-10-22-42(46)26-30-48(54)40-19-7-2-8-20-40/h1-2,5-12,17-32,37-38H,3-4,13-16,33-36H2. The Bertz CT molecular complexity index is 2750. The van der Waals surface area contributed by atoms with Gasteiger partial charge in [0.15, 0.2) is 0 Å². The molecule has 9 aromatic rings. The van der Waals surface area contributed by atoms with E-state index in [-0.39, 0.29) is 0 Å². The number of hydrogen-bond acceptors (Lipinski definition) is 2. The van der Waals surface area contributed by atoms with E-state index in [9.17, 15) is 0 Å². The lowest BCUT2D eigenvalue weighted by Gasteiger charge is -2.31. The summed E-state index contributed by atoms with van der Waals surface area (Å²) in [6, 6.07) is 64.4. The van der Waals surface area contributed by atoms with Crippen molar-refractivity contribution in [2.75, 3.05) is 36.0 Å². The number of rotatable bonds is 6. The van der Waals surface area contributed by atoms with Crippen LogP contribution in [0.2, 0.25) is 0 Å². The molecule has 0 aromatic heterocycles. The van der Waals surface area contributed by atoms with E-state index in [0.29, 0.717) is 0 Å². The third-order valence-electron chi connectivity index (χ3n) is 13.1. The van der Waals surface area contributed by atoms with Crippen LogP contribution in [-0.4, -0.2) is 26.2 Å². The molecule has 0 N–H and O–H groups in total. The van der Waals surface area contributed by atoms with Gasteiger partial charge in [0.2, 0.25) is 0 Å². The predicted molar refractivity (Wildman–Crippen MR) is 250 cm³/mol. The Morgan fingerprint density at radius 1 is 0.276 bits per heavy atom. The SMILES string of the molecule is c1ccc(-c2ccc3ccccc3c2-c2c3ccc(N4CCCCC4)cc3c(-c3c(-c4ccccc4)ccc4ccccc34)c3ccc(N4CCCCC4)cc23)cc1. The molecule has 0 saturated carbocycles. The Kier molecular flexibility index (Phi) is 8.92. The van der Waals surface area contributed by atoms with Crippen molar-refractivity contribution in [1.82, 2.24) is 0 Å². The average molecular weight is 749 g/mol. The van der Waals surface area contributed by atoms with Crippen LogP contribution in [0, 0.1) is 0 Å². The van der Waals surface area contributed by atoms with Gasteiger partial charge in [0.05, 0.1) is 0 Å². The molecule has 2 heterocycles. The molecule has 0 atom stereocenters. The number of hydrogen-bond donors (Lipinski definition) is 0. The van der Waals surface area contributed by atoms with E-state index in [1.54, 1.807) is 0 Å². The van der Waals surface area contributed by atoms with Gasteiger partial charge in [-0.05, 0) is 150 Å². The zero-order chi connectivity index (χ0) is 38.4. The van der Waals surface area contributed by atoms with Crippen LogP contribution in [0.15, 0.2) is 170 Å². The smallest absolute Gasteiger partial charge is 0.0372 e. The zero-order valence-electron chi connectivity index (χ0n) is 33.1. The molecule has 0 radical (unpaired) electrons. The molecule has 0 amide bonds. The van der Waals surface area contributed by atoms with Crippen LogP contribution in [0.3, 0.4) is 0 Å². The van der Waals surface area contributed by atoms with Crippen LogP contribution in [0.4, 0.5) is 11.4 Å². The summed E-state index contributed by atoms with van der Waals surface area (Å²) in [5, 5.41) is 10.4. The van der Waals surface area contributed by atoms with Gasteiger partial charge in [0.1, 0.15) is 0 Å². The minimum Gasteiger partial charge on any atom is -0.372 e. The molecular weight excluding hydrogens is 701 g/mol. The van der Waals surface area contributed by atoms with E-state index in [2.05, 4.69) is 180 Å². The summed E-state index contributed by atoms with van der Waals surface area (Å²) >= 11 is 0. The fraction of sp³-hybridized carbons (Fsp3) is 0.179. The van der Waals surface area contributed by atoms with Gasteiger partial charge in [-0.25, -0.2) is 0 Å². The van der Waals surface area contributed by atoms with Crippen molar-refractivity contribution < 1.29 is 0 Å². The third-order valence-corrected chi connectivity index (χ3v) is 13.1. The number of benzene rings is 9. The monoisotopic (exact) mass is 748 g/mol. The summed E-state index contributed by atoms with van der Waals surface area (Å²) in [4.78, 5) is 5.26. The number of nitrogens with zero attached hydrogens (tertiary/aromatic N) is 2. The molecule has 2 saturated heterocycles. The highest BCUT2D eigenvalue weighted by molar-refractivity contribution is 6.28. The van der Waals surface area contributed by atoms with Crippen molar-refractivity contribution in [3.05, 3.63) is 170 Å². The predicted octanol–water partition coefficient (Wildman–Crippen LogP) is 14.9.